The van der Waals surface area contributed by atoms with Crippen LogP contribution in [0.25, 0.3) is 0 Å². The van der Waals surface area contributed by atoms with Crippen molar-refractivity contribution in [2.75, 3.05) is 22.6 Å². The van der Waals surface area contributed by atoms with E-state index in [-0.39, 0.29) is 11.3 Å². The lowest BCUT2D eigenvalue weighted by atomic mass is 9.93. The van der Waals surface area contributed by atoms with Gasteiger partial charge in [0.25, 0.3) is 5.91 Å². The van der Waals surface area contributed by atoms with Crippen LogP contribution in [0, 0.1) is 6.92 Å². The molecule has 4 aromatic rings. The third-order valence-corrected chi connectivity index (χ3v) is 5.97. The molecule has 10 heteroatoms. The van der Waals surface area contributed by atoms with Gasteiger partial charge >= 0.3 is 0 Å². The van der Waals surface area contributed by atoms with E-state index in [2.05, 4.69) is 56.3 Å². The Morgan fingerprint density at radius 3 is 2.53 bits per heavy atom. The van der Waals surface area contributed by atoms with Gasteiger partial charge in [-0.05, 0) is 30.7 Å². The number of rotatable bonds is 6. The van der Waals surface area contributed by atoms with Crippen LogP contribution >= 0.6 is 11.3 Å². The Morgan fingerprint density at radius 2 is 1.85 bits per heavy atom. The molecule has 0 spiro atoms. The zero-order valence-corrected chi connectivity index (χ0v) is 20.5. The molecule has 1 amide bonds. The third-order valence-electron chi connectivity index (χ3n) is 5.22. The van der Waals surface area contributed by atoms with E-state index in [9.17, 15) is 4.79 Å². The zero-order chi connectivity index (χ0) is 24.3. The molecular formula is C24H26N8OS. The van der Waals surface area contributed by atoms with Gasteiger partial charge in [0.2, 0.25) is 0 Å². The average molecular weight is 475 g/mol. The second-order valence-electron chi connectivity index (χ2n) is 8.61. The average Bonchev–Trinajstić information content (AvgIpc) is 3.30. The molecule has 0 unspecified atom stereocenters. The fourth-order valence-electron chi connectivity index (χ4n) is 3.34. The van der Waals surface area contributed by atoms with Crippen LogP contribution in [0.15, 0.2) is 54.6 Å². The van der Waals surface area contributed by atoms with Crippen LogP contribution in [0.5, 0.6) is 0 Å². The van der Waals surface area contributed by atoms with Crippen LogP contribution in [0.4, 0.5) is 28.3 Å². The van der Waals surface area contributed by atoms with Crippen molar-refractivity contribution in [3.05, 3.63) is 71.4 Å². The smallest absolute Gasteiger partial charge is 0.257 e. The number of aromatic nitrogens is 5. The normalized spacial score (nSPS) is 11.2. The summed E-state index contributed by atoms with van der Waals surface area (Å²) in [5.41, 5.74) is 2.93. The largest absolute Gasteiger partial charge is 0.373 e. The highest BCUT2D eigenvalue weighted by molar-refractivity contribution is 7.14. The molecule has 0 atom stereocenters. The molecule has 1 aromatic carbocycles. The first-order chi connectivity index (χ1) is 16.3. The highest BCUT2D eigenvalue weighted by Crippen LogP contribution is 2.36. The zero-order valence-electron chi connectivity index (χ0n) is 19.7. The molecule has 0 aliphatic rings. The molecule has 4 rings (SSSR count). The summed E-state index contributed by atoms with van der Waals surface area (Å²) in [6.45, 7) is 8.18. The van der Waals surface area contributed by atoms with E-state index in [1.165, 1.54) is 24.0 Å². The number of hydrogen-bond acceptors (Lipinski definition) is 9. The Labute approximate surface area is 202 Å². The van der Waals surface area contributed by atoms with Crippen LogP contribution in [0.1, 0.15) is 42.4 Å². The Kier molecular flexibility index (Phi) is 6.51. The monoisotopic (exact) mass is 474 g/mol. The van der Waals surface area contributed by atoms with E-state index in [0.717, 1.165) is 16.9 Å². The minimum atomic E-state index is -0.226. The predicted molar refractivity (Wildman–Crippen MR) is 135 cm³/mol. The Morgan fingerprint density at radius 1 is 1.06 bits per heavy atom. The lowest BCUT2D eigenvalue weighted by Crippen LogP contribution is -2.18. The maximum Gasteiger partial charge on any atom is 0.257 e. The number of nitrogens with one attached hydrogen (secondary N) is 2. The highest BCUT2D eigenvalue weighted by Gasteiger charge is 2.22. The number of carbonyl (C=O) groups is 1. The second-order valence-corrected chi connectivity index (χ2v) is 9.46. The van der Waals surface area contributed by atoms with Gasteiger partial charge in [0.1, 0.15) is 30.1 Å². The molecule has 9 nitrogen and oxygen atoms in total. The van der Waals surface area contributed by atoms with E-state index in [1.54, 1.807) is 25.4 Å². The molecule has 0 radical (unpaired) electrons. The summed E-state index contributed by atoms with van der Waals surface area (Å²) in [7, 11) is 1.79. The van der Waals surface area contributed by atoms with Crippen LogP contribution in [-0.2, 0) is 5.41 Å². The van der Waals surface area contributed by atoms with Gasteiger partial charge in [-0.2, -0.15) is 0 Å². The van der Waals surface area contributed by atoms with Crippen molar-refractivity contribution >= 4 is 45.5 Å². The minimum Gasteiger partial charge on any atom is -0.373 e. The van der Waals surface area contributed by atoms with Crippen LogP contribution in [-0.4, -0.2) is 37.9 Å². The Bertz CT molecular complexity index is 1300. The number of nitrogens with zero attached hydrogens (tertiary/aromatic N) is 6. The van der Waals surface area contributed by atoms with Gasteiger partial charge in [-0.15, -0.1) is 11.3 Å². The van der Waals surface area contributed by atoms with Crippen molar-refractivity contribution in [3.8, 4) is 0 Å². The maximum atomic E-state index is 13.2. The first kappa shape index (κ1) is 23.2. The molecule has 34 heavy (non-hydrogen) atoms. The number of benzene rings is 1. The lowest BCUT2D eigenvalue weighted by molar-refractivity contribution is 0.102. The molecule has 0 aliphatic carbocycles. The lowest BCUT2D eigenvalue weighted by Gasteiger charge is -2.25. The Hall–Kier alpha value is -3.92. The van der Waals surface area contributed by atoms with E-state index in [1.807, 2.05) is 35.4 Å². The molecular weight excluding hydrogens is 448 g/mol. The van der Waals surface area contributed by atoms with Crippen molar-refractivity contribution in [2.24, 2.45) is 0 Å². The molecule has 2 N–H and O–H groups in total. The quantitative estimate of drug-likeness (QED) is 0.398. The van der Waals surface area contributed by atoms with Crippen molar-refractivity contribution < 1.29 is 4.79 Å². The molecule has 0 saturated carbocycles. The van der Waals surface area contributed by atoms with Crippen molar-refractivity contribution in [2.45, 2.75) is 33.1 Å². The number of hydrogen-bond donors (Lipinski definition) is 2. The fourth-order valence-corrected chi connectivity index (χ4v) is 4.27. The summed E-state index contributed by atoms with van der Waals surface area (Å²) in [6.07, 6.45) is 4.62. The summed E-state index contributed by atoms with van der Waals surface area (Å²) in [5.74, 6) is 1.66. The molecule has 0 aliphatic heterocycles. The first-order valence-electron chi connectivity index (χ1n) is 10.7. The summed E-state index contributed by atoms with van der Waals surface area (Å²) < 4.78 is 0. The van der Waals surface area contributed by atoms with Crippen LogP contribution in [0.2, 0.25) is 0 Å². The standard InChI is InChI=1S/C24H26N8OS/c1-15-16(22(33)31-23-30-18(12-34-23)24(2,3)4)7-6-8-17(15)32(20-9-10-26-13-28-20)21-11-19(25-5)27-14-29-21/h6-14H,1-5H3,(H,25,27,29)(H,30,31,33). The summed E-state index contributed by atoms with van der Waals surface area (Å²) >= 11 is 1.42. The number of amides is 1. The van der Waals surface area contributed by atoms with Crippen LogP contribution in [0.3, 0.4) is 0 Å². The summed E-state index contributed by atoms with van der Waals surface area (Å²) in [4.78, 5) is 36.8. The fraction of sp³-hybridized carbons (Fsp3) is 0.250. The molecule has 174 valence electrons. The van der Waals surface area contributed by atoms with E-state index in [0.29, 0.717) is 28.1 Å². The van der Waals surface area contributed by atoms with Gasteiger partial charge in [0, 0.05) is 35.7 Å². The van der Waals surface area contributed by atoms with Crippen molar-refractivity contribution in [1.82, 2.24) is 24.9 Å². The molecule has 0 saturated heterocycles. The minimum absolute atomic E-state index is 0.0862. The van der Waals surface area contributed by atoms with E-state index >= 15 is 0 Å². The number of thiazole rings is 1. The van der Waals surface area contributed by atoms with Gasteiger partial charge in [0.15, 0.2) is 5.13 Å². The van der Waals surface area contributed by atoms with Crippen LogP contribution < -0.4 is 15.5 Å². The second kappa shape index (κ2) is 9.52. The molecule has 3 heterocycles. The van der Waals surface area contributed by atoms with Gasteiger partial charge in [-0.25, -0.2) is 24.9 Å². The van der Waals surface area contributed by atoms with Gasteiger partial charge in [-0.1, -0.05) is 26.8 Å². The molecule has 0 fully saturated rings. The van der Waals surface area contributed by atoms with E-state index in [4.69, 9.17) is 0 Å². The van der Waals surface area contributed by atoms with Gasteiger partial charge in [-0.3, -0.25) is 15.0 Å². The van der Waals surface area contributed by atoms with Gasteiger partial charge < -0.3 is 5.32 Å². The maximum absolute atomic E-state index is 13.2. The highest BCUT2D eigenvalue weighted by atomic mass is 32.1. The van der Waals surface area contributed by atoms with Gasteiger partial charge in [0.05, 0.1) is 11.4 Å². The van der Waals surface area contributed by atoms with Crippen molar-refractivity contribution in [1.29, 1.82) is 0 Å². The third kappa shape index (κ3) is 4.86. The molecule has 3 aromatic heterocycles. The number of anilines is 5. The van der Waals surface area contributed by atoms with Crippen molar-refractivity contribution in [3.63, 3.8) is 0 Å². The number of carbonyl (C=O) groups excluding carboxylic acids is 1. The predicted octanol–water partition coefficient (Wildman–Crippen LogP) is 5.09. The van der Waals surface area contributed by atoms with E-state index < -0.39 is 0 Å². The topological polar surface area (TPSA) is 109 Å². The Balaban J connectivity index is 1.73. The summed E-state index contributed by atoms with van der Waals surface area (Å²) in [5, 5.41) is 8.52. The SMILES string of the molecule is CNc1cc(N(c2ccncn2)c2cccc(C(=O)Nc3nc(C(C)(C)C)cs3)c2C)ncn1. The first-order valence-corrected chi connectivity index (χ1v) is 11.6. The summed E-state index contributed by atoms with van der Waals surface area (Å²) in [6, 6.07) is 9.17. The molecule has 0 bridgehead atoms.